The number of aromatic nitrogens is 2. The number of ether oxygens (including phenoxy) is 1. The molecule has 3 N–H and O–H groups in total. The van der Waals surface area contributed by atoms with E-state index in [1.807, 2.05) is 6.92 Å². The van der Waals surface area contributed by atoms with E-state index in [9.17, 15) is 22.3 Å². The quantitative estimate of drug-likeness (QED) is 0.607. The molecule has 0 aliphatic carbocycles. The van der Waals surface area contributed by atoms with Crippen LogP contribution in [0.1, 0.15) is 24.6 Å². The van der Waals surface area contributed by atoms with E-state index in [0.717, 1.165) is 0 Å². The summed E-state index contributed by atoms with van der Waals surface area (Å²) in [5, 5.41) is 18.6. The molecule has 0 spiro atoms. The third-order valence-electron chi connectivity index (χ3n) is 4.18. The molecule has 0 unspecified atom stereocenters. The number of sulfonamides is 1. The number of alkyl halides is 2. The minimum atomic E-state index is -4.05. The number of nitrogens with two attached hydrogens (primary N) is 1. The Morgan fingerprint density at radius 3 is 2.41 bits per heavy atom. The van der Waals surface area contributed by atoms with Gasteiger partial charge in [-0.3, -0.25) is 0 Å². The lowest BCUT2D eigenvalue weighted by Crippen LogP contribution is -2.15. The molecule has 0 aliphatic heterocycles. The molecule has 0 amide bonds. The Hall–Kier alpha value is -2.82. The van der Waals surface area contributed by atoms with Crippen molar-refractivity contribution in [2.75, 3.05) is 6.61 Å². The third kappa shape index (κ3) is 4.44. The lowest BCUT2D eigenvalue weighted by Gasteiger charge is -2.12. The van der Waals surface area contributed by atoms with Crippen molar-refractivity contribution >= 4 is 10.0 Å². The van der Waals surface area contributed by atoms with E-state index in [2.05, 4.69) is 5.10 Å². The van der Waals surface area contributed by atoms with Crippen LogP contribution in [0.3, 0.4) is 0 Å². The van der Waals surface area contributed by atoms with Gasteiger partial charge in [-0.2, -0.15) is 5.10 Å². The summed E-state index contributed by atoms with van der Waals surface area (Å²) in [6.45, 7) is 1.75. The molecule has 1 aromatic heterocycles. The highest BCUT2D eigenvalue weighted by atomic mass is 32.2. The first-order valence-corrected chi connectivity index (χ1v) is 10.2. The van der Waals surface area contributed by atoms with E-state index in [1.54, 1.807) is 24.3 Å². The fraction of sp³-hybridized carbons (Fsp3) is 0.211. The molecular formula is C19H19F2N3O4S. The van der Waals surface area contributed by atoms with Crippen molar-refractivity contribution in [3.8, 4) is 22.7 Å². The van der Waals surface area contributed by atoms with Crippen molar-refractivity contribution in [2.24, 2.45) is 5.14 Å². The van der Waals surface area contributed by atoms with E-state index in [4.69, 9.17) is 9.88 Å². The molecule has 154 valence electrons. The smallest absolute Gasteiger partial charge is 0.282 e. The highest BCUT2D eigenvalue weighted by Crippen LogP contribution is 2.30. The predicted molar refractivity (Wildman–Crippen MR) is 102 cm³/mol. The highest BCUT2D eigenvalue weighted by molar-refractivity contribution is 7.89. The molecule has 0 aliphatic rings. The van der Waals surface area contributed by atoms with Gasteiger partial charge in [0, 0.05) is 5.56 Å². The van der Waals surface area contributed by atoms with Gasteiger partial charge in [-0.05, 0) is 61.0 Å². The Kier molecular flexibility index (Phi) is 5.96. The summed E-state index contributed by atoms with van der Waals surface area (Å²) in [7, 11) is -4.05. The molecule has 3 rings (SSSR count). The second-order valence-electron chi connectivity index (χ2n) is 6.12. The lowest BCUT2D eigenvalue weighted by atomic mass is 10.1. The average Bonchev–Trinajstić information content (AvgIpc) is 3.13. The molecule has 2 aromatic carbocycles. The summed E-state index contributed by atoms with van der Waals surface area (Å²) in [4.78, 5) is -0.243. The van der Waals surface area contributed by atoms with Crippen LogP contribution in [-0.2, 0) is 16.6 Å². The number of nitrogens with zero attached hydrogens (tertiary/aromatic N) is 2. The summed E-state index contributed by atoms with van der Waals surface area (Å²) in [5.74, 6) is 0.636. The number of primary sulfonamides is 1. The standard InChI is InChI=1S/C19H19F2N3O4S/c1-2-28-15-6-3-12(4-7-15)17-10-16(19(20)21)23-24(17)14-5-8-18(29(22,26)27)13(9-14)11-25/h3-10,19,25H,2,11H2,1H3,(H2,22,26,27). The molecule has 0 saturated carbocycles. The third-order valence-corrected chi connectivity index (χ3v) is 5.19. The van der Waals surface area contributed by atoms with Crippen LogP contribution in [-0.4, -0.2) is 29.9 Å². The van der Waals surface area contributed by atoms with Gasteiger partial charge in [-0.15, -0.1) is 0 Å². The molecular weight excluding hydrogens is 404 g/mol. The van der Waals surface area contributed by atoms with Crippen LogP contribution in [0.2, 0.25) is 0 Å². The molecule has 0 radical (unpaired) electrons. The fourth-order valence-corrected chi connectivity index (χ4v) is 3.64. The van der Waals surface area contributed by atoms with Crippen molar-refractivity contribution < 1.29 is 27.0 Å². The van der Waals surface area contributed by atoms with Crippen molar-refractivity contribution in [3.63, 3.8) is 0 Å². The largest absolute Gasteiger partial charge is 0.494 e. The Bertz CT molecular complexity index is 1110. The number of hydrogen-bond donors (Lipinski definition) is 2. The number of benzene rings is 2. The first-order chi connectivity index (χ1) is 13.7. The zero-order chi connectivity index (χ0) is 21.2. The van der Waals surface area contributed by atoms with Crippen LogP contribution in [0, 0.1) is 0 Å². The number of aliphatic hydroxyl groups is 1. The lowest BCUT2D eigenvalue weighted by molar-refractivity contribution is 0.145. The molecule has 1 heterocycles. The Morgan fingerprint density at radius 1 is 1.17 bits per heavy atom. The van der Waals surface area contributed by atoms with E-state index >= 15 is 0 Å². The van der Waals surface area contributed by atoms with Gasteiger partial charge < -0.3 is 9.84 Å². The summed E-state index contributed by atoms with van der Waals surface area (Å²) in [5.41, 5.74) is 0.883. The van der Waals surface area contributed by atoms with Crippen LogP contribution in [0.5, 0.6) is 5.75 Å². The molecule has 3 aromatic rings. The van der Waals surface area contributed by atoms with Crippen LogP contribution in [0.15, 0.2) is 53.4 Å². The average molecular weight is 423 g/mol. The predicted octanol–water partition coefficient (Wildman–Crippen LogP) is 3.02. The second-order valence-corrected chi connectivity index (χ2v) is 7.65. The first kappa shape index (κ1) is 20.9. The van der Waals surface area contributed by atoms with Crippen LogP contribution in [0.4, 0.5) is 8.78 Å². The molecule has 29 heavy (non-hydrogen) atoms. The molecule has 7 nitrogen and oxygen atoms in total. The number of aliphatic hydroxyl groups excluding tert-OH is 1. The van der Waals surface area contributed by atoms with Crippen LogP contribution >= 0.6 is 0 Å². The van der Waals surface area contributed by atoms with E-state index in [0.29, 0.717) is 29.3 Å². The van der Waals surface area contributed by atoms with Gasteiger partial charge in [-0.25, -0.2) is 27.0 Å². The van der Waals surface area contributed by atoms with Crippen molar-refractivity contribution in [1.29, 1.82) is 0 Å². The van der Waals surface area contributed by atoms with Crippen LogP contribution < -0.4 is 9.88 Å². The van der Waals surface area contributed by atoms with Gasteiger partial charge in [0.25, 0.3) is 6.43 Å². The second kappa shape index (κ2) is 8.27. The minimum absolute atomic E-state index is 0.0386. The van der Waals surface area contributed by atoms with E-state index in [1.165, 1.54) is 28.9 Å². The maximum atomic E-state index is 13.3. The van der Waals surface area contributed by atoms with Crippen molar-refractivity contribution in [1.82, 2.24) is 9.78 Å². The number of halogens is 2. The van der Waals surface area contributed by atoms with E-state index < -0.39 is 28.7 Å². The highest BCUT2D eigenvalue weighted by Gasteiger charge is 2.20. The molecule has 10 heteroatoms. The Balaban J connectivity index is 2.14. The monoisotopic (exact) mass is 423 g/mol. The number of hydrogen-bond acceptors (Lipinski definition) is 5. The van der Waals surface area contributed by atoms with Gasteiger partial charge in [0.2, 0.25) is 10.0 Å². The van der Waals surface area contributed by atoms with Gasteiger partial charge in [0.05, 0.1) is 29.5 Å². The van der Waals surface area contributed by atoms with Gasteiger partial charge in [0.1, 0.15) is 11.4 Å². The minimum Gasteiger partial charge on any atom is -0.494 e. The van der Waals surface area contributed by atoms with Crippen LogP contribution in [0.25, 0.3) is 16.9 Å². The summed E-state index contributed by atoms with van der Waals surface area (Å²) >= 11 is 0. The van der Waals surface area contributed by atoms with E-state index in [-0.39, 0.29) is 10.5 Å². The normalized spacial score (nSPS) is 11.8. The zero-order valence-corrected chi connectivity index (χ0v) is 16.2. The maximum Gasteiger partial charge on any atom is 0.282 e. The SMILES string of the molecule is CCOc1ccc(-c2cc(C(F)F)nn2-c2ccc(S(N)(=O)=O)c(CO)c2)cc1. The first-order valence-electron chi connectivity index (χ1n) is 8.63. The zero-order valence-electron chi connectivity index (χ0n) is 15.4. The topological polar surface area (TPSA) is 107 Å². The molecule has 0 fully saturated rings. The summed E-state index contributed by atoms with van der Waals surface area (Å²) in [6.07, 6.45) is -2.79. The number of rotatable bonds is 7. The molecule has 0 atom stereocenters. The van der Waals surface area contributed by atoms with Crippen molar-refractivity contribution in [2.45, 2.75) is 24.9 Å². The fourth-order valence-electron chi connectivity index (χ4n) is 2.90. The maximum absolute atomic E-state index is 13.3. The summed E-state index contributed by atoms with van der Waals surface area (Å²) in [6, 6.07) is 12.0. The summed E-state index contributed by atoms with van der Waals surface area (Å²) < 4.78 is 56.6. The molecule has 0 saturated heterocycles. The van der Waals surface area contributed by atoms with Gasteiger partial charge in [0.15, 0.2) is 0 Å². The Labute approximate surface area is 166 Å². The molecule has 0 bridgehead atoms. The Morgan fingerprint density at radius 2 is 1.86 bits per heavy atom. The van der Waals surface area contributed by atoms with Crippen molar-refractivity contribution in [3.05, 3.63) is 59.8 Å². The van der Waals surface area contributed by atoms with Gasteiger partial charge >= 0.3 is 0 Å². The van der Waals surface area contributed by atoms with Gasteiger partial charge in [-0.1, -0.05) is 0 Å².